The van der Waals surface area contributed by atoms with Gasteiger partial charge in [-0.1, -0.05) is 345 Å². The maximum Gasteiger partial charge on any atom is 0.252 e. The van der Waals surface area contributed by atoms with Gasteiger partial charge >= 0.3 is 0 Å². The van der Waals surface area contributed by atoms with Crippen LogP contribution in [0.4, 0.5) is 34.1 Å². The van der Waals surface area contributed by atoms with Gasteiger partial charge in [0.1, 0.15) is 0 Å². The van der Waals surface area contributed by atoms with Crippen molar-refractivity contribution in [3.05, 3.63) is 305 Å². The zero-order chi connectivity index (χ0) is 95.4. The summed E-state index contributed by atoms with van der Waals surface area (Å²) in [4.78, 5) is 5.23. The summed E-state index contributed by atoms with van der Waals surface area (Å²) in [5.41, 5.74) is 30.5. The molecular weight excluding hydrogens is 1500 g/mol. The molecule has 632 valence electrons. The molecule has 13 aromatic carbocycles. The summed E-state index contributed by atoms with van der Waals surface area (Å²) in [5.74, 6) is 0. The second-order valence-corrected chi connectivity index (χ2v) is 46.5. The molecule has 0 bridgehead atoms. The Morgan fingerprint density at radius 2 is 0.581 bits per heavy atom. The minimum absolute atomic E-state index is 0.0793. The number of nitrogens with zero attached hydrogens (tertiary/aromatic N) is 4. The highest BCUT2D eigenvalue weighted by Crippen LogP contribution is 2.55. The minimum atomic E-state index is -0.517. The highest BCUT2D eigenvalue weighted by Gasteiger charge is 2.46. The third-order valence-electron chi connectivity index (χ3n) is 25.3. The van der Waals surface area contributed by atoms with Crippen molar-refractivity contribution in [2.75, 3.05) is 9.80 Å². The maximum absolute atomic E-state index is 10.2. The molecule has 0 fully saturated rings. The predicted molar refractivity (Wildman–Crippen MR) is 541 cm³/mol. The first-order valence-corrected chi connectivity index (χ1v) is 45.3. The molecule has 0 radical (unpaired) electrons. The third kappa shape index (κ3) is 16.7. The lowest BCUT2D eigenvalue weighted by atomic mass is 9.33. The summed E-state index contributed by atoms with van der Waals surface area (Å²) in [6.45, 7) is 61.6. The Morgan fingerprint density at radius 3 is 0.911 bits per heavy atom. The summed E-state index contributed by atoms with van der Waals surface area (Å²) in [5, 5.41) is 2.47. The number of aromatic nitrogens is 2. The van der Waals surface area contributed by atoms with Gasteiger partial charge in [0.05, 0.1) is 44.4 Å². The minimum Gasteiger partial charge on any atom is -0.311 e. The molecule has 15 aromatic rings. The van der Waals surface area contributed by atoms with Crippen LogP contribution in [0.25, 0.3) is 99.5 Å². The summed E-state index contributed by atoms with van der Waals surface area (Å²) in [6.07, 6.45) is 3.72. The van der Waals surface area contributed by atoms with Crippen LogP contribution >= 0.6 is 0 Å². The van der Waals surface area contributed by atoms with Crippen LogP contribution in [-0.2, 0) is 53.8 Å². The van der Waals surface area contributed by atoms with Crippen LogP contribution < -0.4 is 26.2 Å². The van der Waals surface area contributed by atoms with Crippen LogP contribution in [-0.4, -0.2) is 15.8 Å². The van der Waals surface area contributed by atoms with Crippen LogP contribution in [0, 0.1) is 27.1 Å². The smallest absolute Gasteiger partial charge is 0.252 e. The van der Waals surface area contributed by atoms with Gasteiger partial charge in [0, 0.05) is 66.8 Å². The van der Waals surface area contributed by atoms with Crippen molar-refractivity contribution in [1.29, 1.82) is 0 Å². The molecule has 124 heavy (non-hydrogen) atoms. The molecule has 5 heteroatoms. The number of rotatable bonds is 13. The Balaban J connectivity index is 1.10. The van der Waals surface area contributed by atoms with Crippen molar-refractivity contribution in [3.63, 3.8) is 0 Å². The zero-order valence-corrected chi connectivity index (χ0v) is 79.0. The van der Waals surface area contributed by atoms with Crippen molar-refractivity contribution in [3.8, 4) is 55.9 Å². The molecule has 4 nitrogen and oxygen atoms in total. The highest BCUT2D eigenvalue weighted by molar-refractivity contribution is 7.00. The van der Waals surface area contributed by atoms with Crippen molar-refractivity contribution in [2.24, 2.45) is 27.1 Å². The van der Waals surface area contributed by atoms with E-state index in [2.05, 4.69) is 412 Å². The molecule has 2 aliphatic rings. The molecule has 0 saturated heterocycles. The number of hydrogen-bond acceptors (Lipinski definition) is 2. The average Bonchev–Trinajstić information content (AvgIpc) is 0.774. The summed E-state index contributed by atoms with van der Waals surface area (Å²) >= 11 is 0. The molecule has 0 spiro atoms. The van der Waals surface area contributed by atoms with Gasteiger partial charge in [-0.15, -0.1) is 0 Å². The molecule has 0 atom stereocenters. The van der Waals surface area contributed by atoms with Crippen LogP contribution in [0.1, 0.15) is 248 Å². The Kier molecular flexibility index (Phi) is 18.6. The molecule has 0 amide bonds. The van der Waals surface area contributed by atoms with Gasteiger partial charge in [-0.3, -0.25) is 0 Å². The highest BCUT2D eigenvalue weighted by atomic mass is 15.2. The molecular formula is C119H133BN4. The monoisotopic (exact) mass is 1640 g/mol. The Labute approximate surface area is 754 Å². The molecule has 0 unspecified atom stereocenters. The molecule has 2 aliphatic heterocycles. The van der Waals surface area contributed by atoms with E-state index in [9.17, 15) is 11.0 Å². The predicted octanol–water partition coefficient (Wildman–Crippen LogP) is 31.8. The molecule has 0 saturated carbocycles. The standard InChI is InChI=1S/C119H133BN4/c1-111(2,3)70-75-48-54-102-96(56-75)90-44-28-30-46-100(90)121(102)88-50-52-98-106(66-88)123(104-68-92(78-36-32-40-84(60-78)116(16,17)18)82(73-114(10,11)12)64-94(104)80-38-34-42-86(62-80)118(22,23)24)108-58-77(72-113(7,8)9)59-109-110(108)120(98)99-53-51-89(122-101-47-31-29-45-91(101)97-57-76(49-55-103(97)122)71-112(4,5)6)67-107(99)124(109)105-69-93(79-37-33-41-85(61-79)117(19,20)21)83(74-115(13,14)15)65-95(105)81-39-35-43-87(63-81)119(25,26)27/h28-69H,70-74H2,1-27H3/i28D,29D,30D,31D,44D,45D,46D,47D. The van der Waals surface area contributed by atoms with Crippen molar-refractivity contribution in [1.82, 2.24) is 9.13 Å². The fraction of sp³-hybridized carbons (Fsp3) is 0.345. The second-order valence-electron chi connectivity index (χ2n) is 46.5. The largest absolute Gasteiger partial charge is 0.311 e. The number of anilines is 6. The van der Waals surface area contributed by atoms with Gasteiger partial charge in [0.25, 0.3) is 6.71 Å². The van der Waals surface area contributed by atoms with E-state index >= 15 is 0 Å². The number of para-hydroxylation sites is 2. The Bertz CT molecular complexity index is 6810. The molecule has 4 heterocycles. The average molecular weight is 1640 g/mol. The van der Waals surface area contributed by atoms with Crippen molar-refractivity contribution < 1.29 is 11.0 Å². The quantitative estimate of drug-likeness (QED) is 0.107. The molecule has 17 rings (SSSR count). The van der Waals surface area contributed by atoms with E-state index in [1.54, 1.807) is 0 Å². The van der Waals surface area contributed by atoms with Crippen LogP contribution in [0.15, 0.2) is 255 Å². The number of benzene rings is 13. The maximum atomic E-state index is 10.2. The lowest BCUT2D eigenvalue weighted by Gasteiger charge is -2.46. The van der Waals surface area contributed by atoms with Crippen LogP contribution in [0.5, 0.6) is 0 Å². The SMILES string of the molecule is [2H]c1c([2H])c([2H])c2c(c1[2H])c1cc(CC(C)(C)C)ccc1n2-c1ccc2c(c1)N(c1cc(-c3cccc(C(C)(C)C)c3)c(CC(C)(C)C)cc1-c1cccc(C(C)(C)C)c1)c1cc(CC(C)(C)C)cc3c1B2c1ccc(-n2c4ccc(CC(C)(C)C)cc4c4c([2H])c([2H])c([2H])c([2H])c42)cc1N3c1cc(-c2cccc(C(C)(C)C)c2)c(CC(C)(C)C)cc1-c1cccc(C(C)(C)C)c1. The van der Waals surface area contributed by atoms with Crippen LogP contribution in [0.3, 0.4) is 0 Å². The first kappa shape index (κ1) is 75.6. The van der Waals surface area contributed by atoms with E-state index in [0.717, 1.165) is 171 Å². The Morgan fingerprint density at radius 1 is 0.258 bits per heavy atom. The van der Waals surface area contributed by atoms with Crippen molar-refractivity contribution >= 4 is 101 Å². The lowest BCUT2D eigenvalue weighted by molar-refractivity contribution is 0.411. The van der Waals surface area contributed by atoms with Gasteiger partial charge in [0.15, 0.2) is 0 Å². The topological polar surface area (TPSA) is 16.3 Å². The van der Waals surface area contributed by atoms with E-state index < -0.39 is 6.71 Å². The van der Waals surface area contributed by atoms with E-state index in [-0.39, 0.29) is 97.1 Å². The fourth-order valence-electron chi connectivity index (χ4n) is 19.7. The first-order chi connectivity index (χ1) is 61.4. The van der Waals surface area contributed by atoms with Crippen LogP contribution in [0.2, 0.25) is 0 Å². The van der Waals surface area contributed by atoms with E-state index in [1.807, 2.05) is 0 Å². The van der Waals surface area contributed by atoms with E-state index in [1.165, 1.54) is 33.4 Å². The third-order valence-corrected chi connectivity index (χ3v) is 25.3. The summed E-state index contributed by atoms with van der Waals surface area (Å²) in [7, 11) is 0. The van der Waals surface area contributed by atoms with E-state index in [0.29, 0.717) is 28.2 Å². The Hall–Kier alpha value is -10.9. The van der Waals surface area contributed by atoms with Gasteiger partial charge in [-0.05, 0) is 278 Å². The van der Waals surface area contributed by atoms with Crippen molar-refractivity contribution in [2.45, 2.75) is 241 Å². The summed E-state index contributed by atoms with van der Waals surface area (Å²) < 4.78 is 82.6. The van der Waals surface area contributed by atoms with Gasteiger partial charge in [-0.2, -0.15) is 0 Å². The summed E-state index contributed by atoms with van der Waals surface area (Å²) in [6, 6.07) is 77.2. The van der Waals surface area contributed by atoms with E-state index in [4.69, 9.17) is 0 Å². The van der Waals surface area contributed by atoms with Gasteiger partial charge < -0.3 is 18.9 Å². The number of fused-ring (bicyclic) bond motifs is 10. The first-order valence-electron chi connectivity index (χ1n) is 49.3. The fourth-order valence-corrected chi connectivity index (χ4v) is 19.7. The molecule has 0 N–H and O–H groups in total. The van der Waals surface area contributed by atoms with Gasteiger partial charge in [0.2, 0.25) is 0 Å². The second kappa shape index (κ2) is 30.5. The zero-order valence-electron chi connectivity index (χ0n) is 87.0. The molecule has 2 aromatic heterocycles. The van der Waals surface area contributed by atoms with Gasteiger partial charge in [-0.25, -0.2) is 0 Å². The molecule has 0 aliphatic carbocycles. The normalized spacial score (nSPS) is 14.6. The number of hydrogen-bond donors (Lipinski definition) is 0. The lowest BCUT2D eigenvalue weighted by Crippen LogP contribution is -2.61.